The van der Waals surface area contributed by atoms with Crippen molar-refractivity contribution in [2.24, 2.45) is 0 Å². The Hall–Kier alpha value is -1.66. The van der Waals surface area contributed by atoms with Crippen molar-refractivity contribution in [3.05, 3.63) is 23.9 Å². The van der Waals surface area contributed by atoms with Gasteiger partial charge < -0.3 is 20.2 Å². The molecule has 2 heterocycles. The van der Waals surface area contributed by atoms with E-state index < -0.39 is 0 Å². The number of amides is 1. The summed E-state index contributed by atoms with van der Waals surface area (Å²) >= 11 is 0. The lowest BCUT2D eigenvalue weighted by molar-refractivity contribution is 0.0951. The van der Waals surface area contributed by atoms with E-state index in [-0.39, 0.29) is 12.5 Å². The van der Waals surface area contributed by atoms with Gasteiger partial charge in [0.15, 0.2) is 0 Å². The van der Waals surface area contributed by atoms with Crippen LogP contribution < -0.4 is 10.2 Å². The number of likely N-dealkylation sites (N-methyl/N-ethyl adjacent to an activating group) is 1. The zero-order valence-electron chi connectivity index (χ0n) is 12.6. The molecule has 0 unspecified atom stereocenters. The van der Waals surface area contributed by atoms with Gasteiger partial charge in [0.05, 0.1) is 5.56 Å². The number of unbranched alkanes of at least 4 members (excludes halogenated alkanes) is 1. The lowest BCUT2D eigenvalue weighted by Gasteiger charge is -2.33. The van der Waals surface area contributed by atoms with Crippen molar-refractivity contribution in [1.82, 2.24) is 15.2 Å². The number of piperazine rings is 1. The first-order chi connectivity index (χ1) is 10.2. The molecule has 1 aromatic rings. The molecule has 0 aliphatic carbocycles. The third kappa shape index (κ3) is 4.68. The van der Waals surface area contributed by atoms with Crippen LogP contribution in [0.3, 0.4) is 0 Å². The highest BCUT2D eigenvalue weighted by Gasteiger charge is 2.15. The molecule has 0 aromatic carbocycles. The molecule has 0 atom stereocenters. The first-order valence-corrected chi connectivity index (χ1v) is 7.49. The molecular weight excluding hydrogens is 268 g/mol. The van der Waals surface area contributed by atoms with Gasteiger partial charge in [-0.1, -0.05) is 0 Å². The fourth-order valence-corrected chi connectivity index (χ4v) is 2.28. The van der Waals surface area contributed by atoms with Gasteiger partial charge in [-0.05, 0) is 32.0 Å². The van der Waals surface area contributed by atoms with E-state index in [1.54, 1.807) is 6.20 Å². The number of carbonyl (C=O) groups excluding carboxylic acids is 1. The fraction of sp³-hybridized carbons (Fsp3) is 0.600. The Morgan fingerprint density at radius 1 is 1.29 bits per heavy atom. The zero-order chi connectivity index (χ0) is 15.1. The summed E-state index contributed by atoms with van der Waals surface area (Å²) in [5, 5.41) is 11.5. The molecule has 1 aliphatic heterocycles. The minimum atomic E-state index is -0.106. The zero-order valence-corrected chi connectivity index (χ0v) is 12.6. The Balaban J connectivity index is 1.85. The SMILES string of the molecule is CN1CCN(c2ccc(C(=O)NCCCCO)cn2)CC1. The maximum absolute atomic E-state index is 11.9. The highest BCUT2D eigenvalue weighted by atomic mass is 16.2. The van der Waals surface area contributed by atoms with Crippen molar-refractivity contribution in [2.45, 2.75) is 12.8 Å². The Morgan fingerprint density at radius 2 is 2.05 bits per heavy atom. The van der Waals surface area contributed by atoms with Crippen molar-refractivity contribution in [1.29, 1.82) is 0 Å². The highest BCUT2D eigenvalue weighted by Crippen LogP contribution is 2.13. The largest absolute Gasteiger partial charge is 0.396 e. The van der Waals surface area contributed by atoms with Gasteiger partial charge >= 0.3 is 0 Å². The highest BCUT2D eigenvalue weighted by molar-refractivity contribution is 5.94. The number of nitrogens with one attached hydrogen (secondary N) is 1. The maximum Gasteiger partial charge on any atom is 0.252 e. The molecule has 6 heteroatoms. The van der Waals surface area contributed by atoms with Crippen molar-refractivity contribution in [3.8, 4) is 0 Å². The van der Waals surface area contributed by atoms with Crippen LogP contribution in [0.15, 0.2) is 18.3 Å². The number of aliphatic hydroxyl groups is 1. The summed E-state index contributed by atoms with van der Waals surface area (Å²) in [5.74, 6) is 0.824. The molecule has 0 radical (unpaired) electrons. The molecule has 21 heavy (non-hydrogen) atoms. The number of aromatic nitrogens is 1. The Kier molecular flexibility index (Phi) is 5.95. The van der Waals surface area contributed by atoms with E-state index in [4.69, 9.17) is 5.11 Å². The van der Waals surface area contributed by atoms with Crippen LogP contribution in [-0.4, -0.2) is 67.3 Å². The predicted octanol–water partition coefficient (Wildman–Crippen LogP) is 0.336. The molecule has 6 nitrogen and oxygen atoms in total. The average Bonchev–Trinajstić information content (AvgIpc) is 2.52. The fourth-order valence-electron chi connectivity index (χ4n) is 2.28. The normalized spacial score (nSPS) is 16.0. The molecule has 2 N–H and O–H groups in total. The average molecular weight is 292 g/mol. The summed E-state index contributed by atoms with van der Waals surface area (Å²) in [6.45, 7) is 4.76. The van der Waals surface area contributed by atoms with Gasteiger partial charge in [0, 0.05) is 45.5 Å². The van der Waals surface area contributed by atoms with E-state index >= 15 is 0 Å². The van der Waals surface area contributed by atoms with Crippen LogP contribution in [0.2, 0.25) is 0 Å². The van der Waals surface area contributed by atoms with Gasteiger partial charge in [0.25, 0.3) is 5.91 Å². The van der Waals surface area contributed by atoms with Gasteiger partial charge in [-0.3, -0.25) is 4.79 Å². The molecule has 1 aliphatic rings. The maximum atomic E-state index is 11.9. The minimum Gasteiger partial charge on any atom is -0.396 e. The number of pyridine rings is 1. The quantitative estimate of drug-likeness (QED) is 0.740. The van der Waals surface area contributed by atoms with Gasteiger partial charge in [-0.2, -0.15) is 0 Å². The van der Waals surface area contributed by atoms with E-state index in [2.05, 4.69) is 27.1 Å². The van der Waals surface area contributed by atoms with Crippen LogP contribution in [0.4, 0.5) is 5.82 Å². The van der Waals surface area contributed by atoms with Crippen LogP contribution in [0.25, 0.3) is 0 Å². The number of nitrogens with zero attached hydrogens (tertiary/aromatic N) is 3. The number of anilines is 1. The lowest BCUT2D eigenvalue weighted by atomic mass is 10.2. The molecule has 116 valence electrons. The van der Waals surface area contributed by atoms with E-state index in [0.29, 0.717) is 18.5 Å². The van der Waals surface area contributed by atoms with Crippen LogP contribution in [0.5, 0.6) is 0 Å². The lowest BCUT2D eigenvalue weighted by Crippen LogP contribution is -2.44. The number of hydrogen-bond donors (Lipinski definition) is 2. The number of carbonyl (C=O) groups is 1. The Labute approximate surface area is 125 Å². The molecule has 0 bridgehead atoms. The van der Waals surface area contributed by atoms with E-state index in [0.717, 1.165) is 38.4 Å². The van der Waals surface area contributed by atoms with Gasteiger partial charge in [0.2, 0.25) is 0 Å². The van der Waals surface area contributed by atoms with E-state index in [1.165, 1.54) is 0 Å². The summed E-state index contributed by atoms with van der Waals surface area (Å²) in [6, 6.07) is 3.73. The molecule has 0 spiro atoms. The topological polar surface area (TPSA) is 68.7 Å². The van der Waals surface area contributed by atoms with Crippen molar-refractivity contribution >= 4 is 11.7 Å². The summed E-state index contributed by atoms with van der Waals surface area (Å²) < 4.78 is 0. The van der Waals surface area contributed by atoms with Crippen LogP contribution >= 0.6 is 0 Å². The molecule has 1 fully saturated rings. The molecule has 0 saturated carbocycles. The third-order valence-corrected chi connectivity index (χ3v) is 3.71. The second kappa shape index (κ2) is 7.95. The molecule has 1 amide bonds. The standard InChI is InChI=1S/C15H24N4O2/c1-18-7-9-19(10-8-18)14-5-4-13(12-17-14)15(21)16-6-2-3-11-20/h4-5,12,20H,2-3,6-11H2,1H3,(H,16,21). The smallest absolute Gasteiger partial charge is 0.252 e. The predicted molar refractivity (Wildman–Crippen MR) is 82.6 cm³/mol. The first kappa shape index (κ1) is 15.7. The second-order valence-corrected chi connectivity index (χ2v) is 5.38. The summed E-state index contributed by atoms with van der Waals surface area (Å²) in [6.07, 6.45) is 3.13. The van der Waals surface area contributed by atoms with Gasteiger partial charge in [-0.25, -0.2) is 4.98 Å². The van der Waals surface area contributed by atoms with Gasteiger partial charge in [-0.15, -0.1) is 0 Å². The van der Waals surface area contributed by atoms with Gasteiger partial charge in [0.1, 0.15) is 5.82 Å². The minimum absolute atomic E-state index is 0.106. The molecular formula is C15H24N4O2. The summed E-state index contributed by atoms with van der Waals surface area (Å²) in [4.78, 5) is 20.8. The van der Waals surface area contributed by atoms with E-state index in [1.807, 2.05) is 12.1 Å². The van der Waals surface area contributed by atoms with Crippen LogP contribution in [0.1, 0.15) is 23.2 Å². The third-order valence-electron chi connectivity index (χ3n) is 3.71. The number of aliphatic hydroxyl groups excluding tert-OH is 1. The van der Waals surface area contributed by atoms with Crippen molar-refractivity contribution < 1.29 is 9.90 Å². The molecule has 2 rings (SSSR count). The van der Waals surface area contributed by atoms with E-state index in [9.17, 15) is 4.79 Å². The monoisotopic (exact) mass is 292 g/mol. The second-order valence-electron chi connectivity index (χ2n) is 5.38. The number of rotatable bonds is 6. The van der Waals surface area contributed by atoms with Crippen molar-refractivity contribution in [2.75, 3.05) is 51.3 Å². The summed E-state index contributed by atoms with van der Waals surface area (Å²) in [7, 11) is 2.12. The number of hydrogen-bond acceptors (Lipinski definition) is 5. The van der Waals surface area contributed by atoms with Crippen LogP contribution in [0, 0.1) is 0 Å². The van der Waals surface area contributed by atoms with Crippen LogP contribution in [-0.2, 0) is 0 Å². The molecule has 1 aromatic heterocycles. The Bertz CT molecular complexity index is 441. The summed E-state index contributed by atoms with van der Waals surface area (Å²) in [5.41, 5.74) is 0.580. The van der Waals surface area contributed by atoms with Crippen molar-refractivity contribution in [3.63, 3.8) is 0 Å². The molecule has 1 saturated heterocycles. The Morgan fingerprint density at radius 3 is 2.67 bits per heavy atom. The first-order valence-electron chi connectivity index (χ1n) is 7.49.